The Hall–Kier alpha value is -0.570. The van der Waals surface area contributed by atoms with Crippen LogP contribution in [0.1, 0.15) is 40.5 Å². The quantitative estimate of drug-likeness (QED) is 0.802. The van der Waals surface area contributed by atoms with Crippen molar-refractivity contribution in [2.45, 2.75) is 40.5 Å². The number of carboxylic acids is 1. The standard InChI is InChI=1S/C13H25NO2/c1-10-8-14(9-11(10)12(15)16)7-5-6-13(2,3)4/h10-11H,5-9H2,1-4H3,(H,15,16)/t10-,11-/m1/s1. The average Bonchev–Trinajstić information content (AvgIpc) is 2.44. The molecule has 3 heteroatoms. The van der Waals surface area contributed by atoms with E-state index in [-0.39, 0.29) is 5.92 Å². The second kappa shape index (κ2) is 5.17. The average molecular weight is 227 g/mol. The van der Waals surface area contributed by atoms with Crippen LogP contribution in [0.3, 0.4) is 0 Å². The van der Waals surface area contributed by atoms with Crippen molar-refractivity contribution < 1.29 is 9.90 Å². The van der Waals surface area contributed by atoms with E-state index in [0.717, 1.165) is 19.6 Å². The van der Waals surface area contributed by atoms with Gasteiger partial charge in [-0.2, -0.15) is 0 Å². The van der Waals surface area contributed by atoms with Gasteiger partial charge in [-0.1, -0.05) is 27.7 Å². The summed E-state index contributed by atoms with van der Waals surface area (Å²) in [5.41, 5.74) is 0.386. The maximum atomic E-state index is 11.0. The molecular formula is C13H25NO2. The highest BCUT2D eigenvalue weighted by molar-refractivity contribution is 5.71. The Kier molecular flexibility index (Phi) is 4.36. The second-order valence-corrected chi connectivity index (χ2v) is 6.35. The zero-order valence-electron chi connectivity index (χ0n) is 11.0. The molecule has 0 saturated carbocycles. The van der Waals surface area contributed by atoms with Gasteiger partial charge in [0.05, 0.1) is 5.92 Å². The Morgan fingerprint density at radius 3 is 2.44 bits per heavy atom. The molecule has 1 heterocycles. The molecule has 0 radical (unpaired) electrons. The van der Waals surface area contributed by atoms with E-state index < -0.39 is 5.97 Å². The minimum Gasteiger partial charge on any atom is -0.481 e. The number of nitrogens with zero attached hydrogens (tertiary/aromatic N) is 1. The van der Waals surface area contributed by atoms with Gasteiger partial charge >= 0.3 is 5.97 Å². The third-order valence-corrected chi connectivity index (χ3v) is 3.41. The lowest BCUT2D eigenvalue weighted by molar-refractivity contribution is -0.142. The Morgan fingerprint density at radius 2 is 2.00 bits per heavy atom. The molecule has 3 nitrogen and oxygen atoms in total. The van der Waals surface area contributed by atoms with Gasteiger partial charge in [0.15, 0.2) is 0 Å². The molecule has 0 aromatic carbocycles. The first-order valence-corrected chi connectivity index (χ1v) is 6.25. The highest BCUT2D eigenvalue weighted by Crippen LogP contribution is 2.25. The number of carbonyl (C=O) groups is 1. The van der Waals surface area contributed by atoms with Crippen molar-refractivity contribution >= 4 is 5.97 Å². The van der Waals surface area contributed by atoms with Crippen LogP contribution in [0, 0.1) is 17.3 Å². The van der Waals surface area contributed by atoms with Crippen LogP contribution in [0.25, 0.3) is 0 Å². The minimum atomic E-state index is -0.633. The molecule has 0 aromatic heterocycles. The molecule has 0 spiro atoms. The first-order valence-electron chi connectivity index (χ1n) is 6.25. The summed E-state index contributed by atoms with van der Waals surface area (Å²) in [6.45, 7) is 11.5. The van der Waals surface area contributed by atoms with E-state index in [1.807, 2.05) is 6.92 Å². The molecule has 16 heavy (non-hydrogen) atoms. The van der Waals surface area contributed by atoms with Gasteiger partial charge in [-0.3, -0.25) is 4.79 Å². The van der Waals surface area contributed by atoms with Crippen molar-refractivity contribution in [3.8, 4) is 0 Å². The molecule has 1 N–H and O–H groups in total. The zero-order chi connectivity index (χ0) is 12.3. The predicted molar refractivity (Wildman–Crippen MR) is 65.4 cm³/mol. The van der Waals surface area contributed by atoms with Crippen molar-refractivity contribution in [1.29, 1.82) is 0 Å². The fourth-order valence-electron chi connectivity index (χ4n) is 2.40. The molecule has 1 saturated heterocycles. The summed E-state index contributed by atoms with van der Waals surface area (Å²) in [5.74, 6) is -0.493. The van der Waals surface area contributed by atoms with E-state index in [4.69, 9.17) is 5.11 Å². The monoisotopic (exact) mass is 227 g/mol. The number of aliphatic carboxylic acids is 1. The van der Waals surface area contributed by atoms with E-state index in [0.29, 0.717) is 11.3 Å². The van der Waals surface area contributed by atoms with Crippen LogP contribution in [-0.4, -0.2) is 35.6 Å². The smallest absolute Gasteiger partial charge is 0.308 e. The number of rotatable bonds is 4. The van der Waals surface area contributed by atoms with Crippen LogP contribution in [0.4, 0.5) is 0 Å². The fourth-order valence-corrected chi connectivity index (χ4v) is 2.40. The second-order valence-electron chi connectivity index (χ2n) is 6.35. The van der Waals surface area contributed by atoms with Crippen LogP contribution in [0.15, 0.2) is 0 Å². The molecule has 0 unspecified atom stereocenters. The largest absolute Gasteiger partial charge is 0.481 e. The van der Waals surface area contributed by atoms with E-state index in [2.05, 4.69) is 25.7 Å². The molecule has 0 aromatic rings. The maximum Gasteiger partial charge on any atom is 0.308 e. The molecule has 1 fully saturated rings. The molecular weight excluding hydrogens is 202 g/mol. The van der Waals surface area contributed by atoms with E-state index in [1.165, 1.54) is 12.8 Å². The summed E-state index contributed by atoms with van der Waals surface area (Å²) >= 11 is 0. The molecule has 0 bridgehead atoms. The molecule has 2 atom stereocenters. The molecule has 94 valence electrons. The van der Waals surface area contributed by atoms with Crippen LogP contribution >= 0.6 is 0 Å². The lowest BCUT2D eigenvalue weighted by Gasteiger charge is -2.21. The normalized spacial score (nSPS) is 27.2. The SMILES string of the molecule is C[C@@H]1CN(CCCC(C)(C)C)C[C@H]1C(=O)O. The topological polar surface area (TPSA) is 40.5 Å². The highest BCUT2D eigenvalue weighted by atomic mass is 16.4. The Bertz CT molecular complexity index is 245. The first-order chi connectivity index (χ1) is 7.29. The van der Waals surface area contributed by atoms with Crippen LogP contribution < -0.4 is 0 Å². The summed E-state index contributed by atoms with van der Waals surface area (Å²) in [5, 5.41) is 9.03. The van der Waals surface area contributed by atoms with Crippen molar-refractivity contribution in [3.63, 3.8) is 0 Å². The predicted octanol–water partition coefficient (Wildman–Crippen LogP) is 2.47. The van der Waals surface area contributed by atoms with Gasteiger partial charge < -0.3 is 10.0 Å². The summed E-state index contributed by atoms with van der Waals surface area (Å²) in [6, 6.07) is 0. The Labute approximate surface area is 98.8 Å². The third-order valence-electron chi connectivity index (χ3n) is 3.41. The third kappa shape index (κ3) is 4.12. The lowest BCUT2D eigenvalue weighted by atomic mass is 9.90. The highest BCUT2D eigenvalue weighted by Gasteiger charge is 2.34. The van der Waals surface area contributed by atoms with Gasteiger partial charge in [-0.05, 0) is 30.7 Å². The Balaban J connectivity index is 2.28. The molecule has 0 amide bonds. The van der Waals surface area contributed by atoms with Crippen molar-refractivity contribution in [3.05, 3.63) is 0 Å². The lowest BCUT2D eigenvalue weighted by Crippen LogP contribution is -2.25. The number of carboxylic acid groups (broad SMARTS) is 1. The van der Waals surface area contributed by atoms with Crippen LogP contribution in [0.5, 0.6) is 0 Å². The minimum absolute atomic E-state index is 0.158. The van der Waals surface area contributed by atoms with Gasteiger partial charge in [0.2, 0.25) is 0 Å². The molecule has 1 aliphatic heterocycles. The molecule has 0 aliphatic carbocycles. The molecule has 1 rings (SSSR count). The van der Waals surface area contributed by atoms with Gasteiger partial charge in [0, 0.05) is 13.1 Å². The number of likely N-dealkylation sites (tertiary alicyclic amines) is 1. The zero-order valence-corrected chi connectivity index (χ0v) is 11.0. The van der Waals surface area contributed by atoms with Gasteiger partial charge in [-0.25, -0.2) is 0 Å². The summed E-state index contributed by atoms with van der Waals surface area (Å²) < 4.78 is 0. The van der Waals surface area contributed by atoms with E-state index in [1.54, 1.807) is 0 Å². The van der Waals surface area contributed by atoms with Gasteiger partial charge in [-0.15, -0.1) is 0 Å². The van der Waals surface area contributed by atoms with Gasteiger partial charge in [0.25, 0.3) is 0 Å². The van der Waals surface area contributed by atoms with Crippen molar-refractivity contribution in [1.82, 2.24) is 4.90 Å². The van der Waals surface area contributed by atoms with E-state index in [9.17, 15) is 4.79 Å². The van der Waals surface area contributed by atoms with Crippen LogP contribution in [-0.2, 0) is 4.79 Å². The summed E-state index contributed by atoms with van der Waals surface area (Å²) in [6.07, 6.45) is 2.37. The maximum absolute atomic E-state index is 11.0. The fraction of sp³-hybridized carbons (Fsp3) is 0.923. The Morgan fingerprint density at radius 1 is 1.38 bits per heavy atom. The summed E-state index contributed by atoms with van der Waals surface area (Å²) in [7, 11) is 0. The van der Waals surface area contributed by atoms with E-state index >= 15 is 0 Å². The number of hydrogen-bond donors (Lipinski definition) is 1. The summed E-state index contributed by atoms with van der Waals surface area (Å²) in [4.78, 5) is 13.3. The molecule has 1 aliphatic rings. The van der Waals surface area contributed by atoms with Crippen molar-refractivity contribution in [2.75, 3.05) is 19.6 Å². The number of hydrogen-bond acceptors (Lipinski definition) is 2. The van der Waals surface area contributed by atoms with Gasteiger partial charge in [0.1, 0.15) is 0 Å². The van der Waals surface area contributed by atoms with Crippen LogP contribution in [0.2, 0.25) is 0 Å². The first kappa shape index (κ1) is 13.5. The van der Waals surface area contributed by atoms with Crippen molar-refractivity contribution in [2.24, 2.45) is 17.3 Å².